The number of hydrogen-bond donors (Lipinski definition) is 2. The van der Waals surface area contributed by atoms with Crippen molar-refractivity contribution >= 4 is 38.0 Å². The lowest BCUT2D eigenvalue weighted by Crippen LogP contribution is -2.36. The maximum absolute atomic E-state index is 12.8. The first-order valence-corrected chi connectivity index (χ1v) is 11.1. The summed E-state index contributed by atoms with van der Waals surface area (Å²) in [4.78, 5) is 26.2. The predicted octanol–water partition coefficient (Wildman–Crippen LogP) is 2.00. The smallest absolute Gasteiger partial charge is 0.291 e. The second kappa shape index (κ2) is 6.55. The molecule has 0 radical (unpaired) electrons. The molecule has 0 unspecified atom stereocenters. The number of fused-ring (bicyclic) bond motifs is 1. The highest BCUT2D eigenvalue weighted by molar-refractivity contribution is 7.91. The van der Waals surface area contributed by atoms with Crippen molar-refractivity contribution in [1.29, 1.82) is 0 Å². The molecule has 4 rings (SSSR count). The van der Waals surface area contributed by atoms with Crippen LogP contribution >= 0.6 is 11.3 Å². The van der Waals surface area contributed by atoms with Gasteiger partial charge in [-0.15, -0.1) is 11.3 Å². The van der Waals surface area contributed by atoms with E-state index in [0.717, 1.165) is 29.7 Å². The fourth-order valence-electron chi connectivity index (χ4n) is 3.47. The van der Waals surface area contributed by atoms with Gasteiger partial charge in [0, 0.05) is 10.9 Å². The van der Waals surface area contributed by atoms with E-state index in [4.69, 9.17) is 4.42 Å². The molecule has 26 heavy (non-hydrogen) atoms. The van der Waals surface area contributed by atoms with Crippen LogP contribution in [0.4, 0.5) is 5.00 Å². The zero-order chi connectivity index (χ0) is 18.3. The van der Waals surface area contributed by atoms with Gasteiger partial charge in [0.05, 0.1) is 23.3 Å². The average molecular weight is 394 g/mol. The Morgan fingerprint density at radius 1 is 1.23 bits per heavy atom. The molecular formula is C17H18N2O5S2. The number of carbonyl (C=O) groups is 2. The second-order valence-electron chi connectivity index (χ2n) is 6.57. The number of carbonyl (C=O) groups excluding carboxylic acids is 2. The predicted molar refractivity (Wildman–Crippen MR) is 97.5 cm³/mol. The van der Waals surface area contributed by atoms with Crippen molar-refractivity contribution in [2.24, 2.45) is 0 Å². The number of furan rings is 1. The first-order valence-electron chi connectivity index (χ1n) is 8.43. The summed E-state index contributed by atoms with van der Waals surface area (Å²) in [5.74, 6) is -0.485. The van der Waals surface area contributed by atoms with Crippen molar-refractivity contribution in [2.45, 2.75) is 31.7 Å². The lowest BCUT2D eigenvalue weighted by atomic mass is 10.1. The van der Waals surface area contributed by atoms with Crippen molar-refractivity contribution in [3.05, 3.63) is 40.2 Å². The van der Waals surface area contributed by atoms with Crippen LogP contribution in [0.2, 0.25) is 0 Å². The molecule has 9 heteroatoms. The molecule has 2 N–H and O–H groups in total. The van der Waals surface area contributed by atoms with Gasteiger partial charge in [-0.05, 0) is 43.4 Å². The monoisotopic (exact) mass is 394 g/mol. The van der Waals surface area contributed by atoms with E-state index in [1.165, 1.54) is 17.6 Å². The fourth-order valence-corrected chi connectivity index (χ4v) is 6.43. The maximum Gasteiger partial charge on any atom is 0.291 e. The van der Waals surface area contributed by atoms with Gasteiger partial charge in [0.1, 0.15) is 5.00 Å². The van der Waals surface area contributed by atoms with Gasteiger partial charge in [0.2, 0.25) is 0 Å². The lowest BCUT2D eigenvalue weighted by molar-refractivity contribution is 0.0941. The number of hydrogen-bond acceptors (Lipinski definition) is 6. The van der Waals surface area contributed by atoms with E-state index in [1.54, 1.807) is 12.1 Å². The van der Waals surface area contributed by atoms with Crippen molar-refractivity contribution in [1.82, 2.24) is 5.32 Å². The molecule has 0 spiro atoms. The van der Waals surface area contributed by atoms with Gasteiger partial charge < -0.3 is 15.1 Å². The number of anilines is 1. The number of rotatable bonds is 4. The highest BCUT2D eigenvalue weighted by atomic mass is 32.2. The molecule has 2 aromatic heterocycles. The molecule has 2 amide bonds. The van der Waals surface area contributed by atoms with Crippen molar-refractivity contribution < 1.29 is 22.4 Å². The molecule has 0 aromatic carbocycles. The lowest BCUT2D eigenvalue weighted by Gasteiger charge is -2.13. The van der Waals surface area contributed by atoms with Gasteiger partial charge in [-0.2, -0.15) is 0 Å². The largest absolute Gasteiger partial charge is 0.459 e. The third kappa shape index (κ3) is 3.28. The van der Waals surface area contributed by atoms with Crippen LogP contribution in [0.15, 0.2) is 22.8 Å². The fraction of sp³-hybridized carbons (Fsp3) is 0.412. The SMILES string of the molecule is O=C(Nc1sc2c(c1C(=O)N[C@@H]1CCS(=O)(=O)C1)CCC2)c1ccco1. The number of sulfone groups is 1. The molecular weight excluding hydrogens is 376 g/mol. The third-order valence-corrected chi connectivity index (χ3v) is 7.66. The zero-order valence-corrected chi connectivity index (χ0v) is 15.5. The molecule has 0 bridgehead atoms. The molecule has 1 atom stereocenters. The van der Waals surface area contributed by atoms with Gasteiger partial charge in [-0.3, -0.25) is 9.59 Å². The minimum Gasteiger partial charge on any atom is -0.459 e. The molecule has 138 valence electrons. The Morgan fingerprint density at radius 2 is 2.08 bits per heavy atom. The molecule has 1 aliphatic heterocycles. The molecule has 7 nitrogen and oxygen atoms in total. The Kier molecular flexibility index (Phi) is 4.36. The van der Waals surface area contributed by atoms with E-state index >= 15 is 0 Å². The zero-order valence-electron chi connectivity index (χ0n) is 13.9. The number of aryl methyl sites for hydroxylation is 1. The Hall–Kier alpha value is -2.13. The van der Waals surface area contributed by atoms with E-state index < -0.39 is 15.7 Å². The average Bonchev–Trinajstić information content (AvgIpc) is 3.31. The minimum atomic E-state index is -3.07. The molecule has 2 aromatic rings. The third-order valence-electron chi connectivity index (χ3n) is 4.69. The van der Waals surface area contributed by atoms with Crippen LogP contribution in [0.5, 0.6) is 0 Å². The van der Waals surface area contributed by atoms with E-state index in [1.807, 2.05) is 0 Å². The Balaban J connectivity index is 1.58. The summed E-state index contributed by atoms with van der Waals surface area (Å²) < 4.78 is 28.3. The Labute approximate surface area is 154 Å². The van der Waals surface area contributed by atoms with Crippen LogP contribution in [0, 0.1) is 0 Å². The van der Waals surface area contributed by atoms with Crippen molar-refractivity contribution in [3.8, 4) is 0 Å². The van der Waals surface area contributed by atoms with Gasteiger partial charge >= 0.3 is 0 Å². The molecule has 1 fully saturated rings. The van der Waals surface area contributed by atoms with Gasteiger partial charge in [0.15, 0.2) is 15.6 Å². The number of amides is 2. The summed E-state index contributed by atoms with van der Waals surface area (Å²) in [6, 6.07) is 2.80. The van der Waals surface area contributed by atoms with Crippen molar-refractivity contribution in [2.75, 3.05) is 16.8 Å². The number of thiophene rings is 1. The molecule has 3 heterocycles. The normalized spacial score (nSPS) is 20.7. The standard InChI is InChI=1S/C17H18N2O5S2/c20-15(12-4-2-7-24-12)19-17-14(11-3-1-5-13(11)25-17)16(21)18-10-6-8-26(22,23)9-10/h2,4,7,10H,1,3,5-6,8-9H2,(H,18,21)(H,19,20)/t10-/m1/s1. The van der Waals surface area contributed by atoms with Gasteiger partial charge in [-0.25, -0.2) is 8.42 Å². The highest BCUT2D eigenvalue weighted by Gasteiger charge is 2.32. The molecule has 1 aliphatic carbocycles. The first-order chi connectivity index (χ1) is 12.4. The highest BCUT2D eigenvalue weighted by Crippen LogP contribution is 2.39. The van der Waals surface area contributed by atoms with Crippen LogP contribution < -0.4 is 10.6 Å². The second-order valence-corrected chi connectivity index (χ2v) is 9.90. The van der Waals surface area contributed by atoms with E-state index in [9.17, 15) is 18.0 Å². The van der Waals surface area contributed by atoms with Gasteiger partial charge in [-0.1, -0.05) is 0 Å². The summed E-state index contributed by atoms with van der Waals surface area (Å²) in [6.45, 7) is 0. The summed E-state index contributed by atoms with van der Waals surface area (Å²) >= 11 is 1.41. The van der Waals surface area contributed by atoms with Crippen molar-refractivity contribution in [3.63, 3.8) is 0 Å². The van der Waals surface area contributed by atoms with E-state index in [-0.39, 0.29) is 29.2 Å². The summed E-state index contributed by atoms with van der Waals surface area (Å²) in [6.07, 6.45) is 4.49. The van der Waals surface area contributed by atoms with Gasteiger partial charge in [0.25, 0.3) is 11.8 Å². The van der Waals surface area contributed by atoms with Crippen LogP contribution in [-0.2, 0) is 22.7 Å². The van der Waals surface area contributed by atoms with Crippen LogP contribution in [-0.4, -0.2) is 37.8 Å². The van der Waals surface area contributed by atoms with E-state index in [2.05, 4.69) is 10.6 Å². The molecule has 0 saturated carbocycles. The topological polar surface area (TPSA) is 105 Å². The summed E-state index contributed by atoms with van der Waals surface area (Å²) in [5.41, 5.74) is 1.43. The Bertz CT molecular complexity index is 960. The quantitative estimate of drug-likeness (QED) is 0.825. The van der Waals surface area contributed by atoms with Crippen LogP contribution in [0.25, 0.3) is 0 Å². The summed E-state index contributed by atoms with van der Waals surface area (Å²) in [7, 11) is -3.07. The van der Waals surface area contributed by atoms with Crippen LogP contribution in [0.1, 0.15) is 44.2 Å². The van der Waals surface area contributed by atoms with Crippen LogP contribution in [0.3, 0.4) is 0 Å². The minimum absolute atomic E-state index is 0.0286. The Morgan fingerprint density at radius 3 is 2.77 bits per heavy atom. The van der Waals surface area contributed by atoms with E-state index in [0.29, 0.717) is 17.0 Å². The summed E-state index contributed by atoms with van der Waals surface area (Å²) in [5, 5.41) is 6.09. The number of nitrogens with one attached hydrogen (secondary N) is 2. The molecule has 1 saturated heterocycles. The first kappa shape index (κ1) is 17.3. The maximum atomic E-state index is 12.8. The molecule has 2 aliphatic rings.